The minimum Gasteiger partial charge on any atom is -0.343 e. The van der Waals surface area contributed by atoms with Crippen LogP contribution in [0.15, 0.2) is 35.5 Å². The lowest BCUT2D eigenvalue weighted by Crippen LogP contribution is -2.41. The van der Waals surface area contributed by atoms with E-state index in [1.54, 1.807) is 17.0 Å². The van der Waals surface area contributed by atoms with E-state index in [0.29, 0.717) is 37.2 Å². The van der Waals surface area contributed by atoms with Gasteiger partial charge in [0.2, 0.25) is 11.8 Å². The molecule has 2 N–H and O–H groups in total. The number of carbonyl (C=O) groups is 3. The Labute approximate surface area is 193 Å². The normalized spacial score (nSPS) is 10.5. The molecule has 0 aliphatic carbocycles. The molecule has 0 radical (unpaired) electrons. The van der Waals surface area contributed by atoms with E-state index in [-0.39, 0.29) is 18.2 Å². The first kappa shape index (κ1) is 25.3. The second-order valence-electron chi connectivity index (χ2n) is 7.34. The number of rotatable bonds is 10. The van der Waals surface area contributed by atoms with Crippen LogP contribution in [0.3, 0.4) is 0 Å². The Morgan fingerprint density at radius 1 is 0.938 bits per heavy atom. The number of carbonyl (C=O) groups excluding carboxylic acids is 3. The fourth-order valence-corrected chi connectivity index (χ4v) is 3.96. The average Bonchev–Trinajstić information content (AvgIpc) is 2.76. The molecule has 3 amide bonds. The molecule has 0 spiro atoms. The zero-order chi connectivity index (χ0) is 23.5. The highest BCUT2D eigenvalue weighted by atomic mass is 32.2. The smallest absolute Gasteiger partial charge is 0.269 e. The molecule has 9 heteroatoms. The van der Waals surface area contributed by atoms with Crippen LogP contribution in [0.1, 0.15) is 60.4 Å². The molecule has 1 aromatic heterocycles. The summed E-state index contributed by atoms with van der Waals surface area (Å²) >= 11 is 1.54. The molecule has 0 aliphatic heterocycles. The molecule has 0 unspecified atom stereocenters. The van der Waals surface area contributed by atoms with Gasteiger partial charge in [-0.1, -0.05) is 23.9 Å². The number of nitrogens with one attached hydrogen (secondary N) is 2. The predicted molar refractivity (Wildman–Crippen MR) is 125 cm³/mol. The van der Waals surface area contributed by atoms with E-state index in [4.69, 9.17) is 0 Å². The van der Waals surface area contributed by atoms with Gasteiger partial charge < -0.3 is 4.90 Å². The van der Waals surface area contributed by atoms with Gasteiger partial charge in [0.15, 0.2) is 5.16 Å². The molecular weight excluding hydrogens is 426 g/mol. The van der Waals surface area contributed by atoms with E-state index in [1.807, 2.05) is 45.9 Å². The van der Waals surface area contributed by atoms with Gasteiger partial charge in [0.25, 0.3) is 5.91 Å². The first-order valence-corrected chi connectivity index (χ1v) is 11.7. The van der Waals surface area contributed by atoms with Gasteiger partial charge in [-0.05, 0) is 57.9 Å². The van der Waals surface area contributed by atoms with Crippen molar-refractivity contribution in [3.63, 3.8) is 0 Å². The van der Waals surface area contributed by atoms with E-state index >= 15 is 0 Å². The number of hydrazine groups is 1. The Bertz CT molecular complexity index is 909. The van der Waals surface area contributed by atoms with Crippen molar-refractivity contribution in [1.29, 1.82) is 0 Å². The predicted octanol–water partition coefficient (Wildman–Crippen LogP) is 3.19. The first-order valence-electron chi connectivity index (χ1n) is 10.7. The second kappa shape index (κ2) is 12.8. The lowest BCUT2D eigenvalue weighted by molar-refractivity contribution is -0.131. The summed E-state index contributed by atoms with van der Waals surface area (Å²) in [6.45, 7) is 9.05. The minimum atomic E-state index is -0.394. The van der Waals surface area contributed by atoms with Crippen LogP contribution >= 0.6 is 11.8 Å². The largest absolute Gasteiger partial charge is 0.343 e. The Kier molecular flexibility index (Phi) is 10.1. The topological polar surface area (TPSA) is 104 Å². The Balaban J connectivity index is 1.74. The van der Waals surface area contributed by atoms with E-state index in [9.17, 15) is 14.4 Å². The molecule has 0 aliphatic rings. The second-order valence-corrected chi connectivity index (χ2v) is 8.28. The summed E-state index contributed by atoms with van der Waals surface area (Å²) in [7, 11) is 0. The highest BCUT2D eigenvalue weighted by Crippen LogP contribution is 2.20. The molecule has 2 rings (SSSR count). The average molecular weight is 458 g/mol. The van der Waals surface area contributed by atoms with Crippen molar-refractivity contribution < 1.29 is 14.4 Å². The molecular formula is C23H31N5O3S. The van der Waals surface area contributed by atoms with Crippen molar-refractivity contribution in [1.82, 2.24) is 25.7 Å². The molecule has 0 saturated heterocycles. The number of benzene rings is 1. The molecule has 0 saturated carbocycles. The third-order valence-electron chi connectivity index (χ3n) is 4.77. The van der Waals surface area contributed by atoms with Gasteiger partial charge >= 0.3 is 0 Å². The van der Waals surface area contributed by atoms with Gasteiger partial charge in [-0.25, -0.2) is 9.97 Å². The third kappa shape index (κ3) is 8.30. The van der Waals surface area contributed by atoms with Crippen LogP contribution in [0.5, 0.6) is 0 Å². The number of aromatic nitrogens is 2. The monoisotopic (exact) mass is 457 g/mol. The van der Waals surface area contributed by atoms with E-state index in [1.165, 1.54) is 11.8 Å². The van der Waals surface area contributed by atoms with Gasteiger partial charge in [0, 0.05) is 48.6 Å². The molecule has 32 heavy (non-hydrogen) atoms. The zero-order valence-electron chi connectivity index (χ0n) is 19.1. The van der Waals surface area contributed by atoms with Crippen LogP contribution < -0.4 is 10.9 Å². The molecule has 2 aromatic rings. The zero-order valence-corrected chi connectivity index (χ0v) is 19.9. The molecule has 1 heterocycles. The minimum absolute atomic E-state index is 0.0363. The summed E-state index contributed by atoms with van der Waals surface area (Å²) in [4.78, 5) is 46.7. The third-order valence-corrected chi connectivity index (χ3v) is 5.69. The Morgan fingerprint density at radius 2 is 1.56 bits per heavy atom. The summed E-state index contributed by atoms with van der Waals surface area (Å²) in [5, 5.41) is 0.728. The standard InChI is InChI=1S/C23H31N5O3S/c1-5-28(6-2)21(30)9-7-8-20(29)26-27-22(31)19-12-10-18(11-13-19)15-32-23-24-16(3)14-17(4)25-23/h10-14H,5-9,15H2,1-4H3,(H,26,29)(H,27,31). The summed E-state index contributed by atoms with van der Waals surface area (Å²) in [5.74, 6) is 0.00375. The number of aryl methyl sites for hydroxylation is 2. The quantitative estimate of drug-likeness (QED) is 0.323. The molecule has 172 valence electrons. The van der Waals surface area contributed by atoms with Gasteiger partial charge in [0.1, 0.15) is 0 Å². The lowest BCUT2D eigenvalue weighted by atomic mass is 10.1. The van der Waals surface area contributed by atoms with E-state index in [2.05, 4.69) is 20.8 Å². The van der Waals surface area contributed by atoms with Gasteiger partial charge in [-0.2, -0.15) is 0 Å². The summed E-state index contributed by atoms with van der Waals surface area (Å²) in [6, 6.07) is 9.09. The van der Waals surface area contributed by atoms with Crippen LogP contribution in [-0.2, 0) is 15.3 Å². The van der Waals surface area contributed by atoms with Crippen LogP contribution in [0.25, 0.3) is 0 Å². The summed E-state index contributed by atoms with van der Waals surface area (Å²) in [6.07, 6.45) is 0.924. The Morgan fingerprint density at radius 3 is 2.16 bits per heavy atom. The molecule has 8 nitrogen and oxygen atoms in total. The molecule has 0 fully saturated rings. The van der Waals surface area contributed by atoms with Crippen molar-refractivity contribution in [3.05, 3.63) is 52.8 Å². The molecule has 0 bridgehead atoms. The van der Waals surface area contributed by atoms with Crippen LogP contribution in [0.4, 0.5) is 0 Å². The highest BCUT2D eigenvalue weighted by molar-refractivity contribution is 7.98. The van der Waals surface area contributed by atoms with Crippen molar-refractivity contribution >= 4 is 29.5 Å². The molecule has 1 aromatic carbocycles. The number of hydrogen-bond donors (Lipinski definition) is 2. The number of nitrogens with zero attached hydrogens (tertiary/aromatic N) is 3. The first-order chi connectivity index (χ1) is 15.3. The van der Waals surface area contributed by atoms with E-state index < -0.39 is 5.91 Å². The van der Waals surface area contributed by atoms with Crippen LogP contribution in [0, 0.1) is 13.8 Å². The summed E-state index contributed by atoms with van der Waals surface area (Å²) < 4.78 is 0. The number of hydrogen-bond acceptors (Lipinski definition) is 6. The highest BCUT2D eigenvalue weighted by Gasteiger charge is 2.11. The van der Waals surface area contributed by atoms with Gasteiger partial charge in [-0.15, -0.1) is 0 Å². The fourth-order valence-electron chi connectivity index (χ4n) is 3.05. The molecule has 0 atom stereocenters. The van der Waals surface area contributed by atoms with Crippen molar-refractivity contribution in [3.8, 4) is 0 Å². The number of thioether (sulfide) groups is 1. The van der Waals surface area contributed by atoms with Crippen LogP contribution in [0.2, 0.25) is 0 Å². The number of amides is 3. The van der Waals surface area contributed by atoms with Crippen molar-refractivity contribution in [2.75, 3.05) is 13.1 Å². The van der Waals surface area contributed by atoms with Crippen molar-refractivity contribution in [2.24, 2.45) is 0 Å². The Hall–Kier alpha value is -2.94. The fraction of sp³-hybridized carbons (Fsp3) is 0.435. The maximum absolute atomic E-state index is 12.3. The van der Waals surface area contributed by atoms with Crippen LogP contribution in [-0.4, -0.2) is 45.7 Å². The van der Waals surface area contributed by atoms with Gasteiger partial charge in [0.05, 0.1) is 0 Å². The van der Waals surface area contributed by atoms with Gasteiger partial charge in [-0.3, -0.25) is 25.2 Å². The SMILES string of the molecule is CCN(CC)C(=O)CCCC(=O)NNC(=O)c1ccc(CSc2nc(C)cc(C)n2)cc1. The maximum Gasteiger partial charge on any atom is 0.269 e. The van der Waals surface area contributed by atoms with Crippen molar-refractivity contribution in [2.45, 2.75) is 57.9 Å². The lowest BCUT2D eigenvalue weighted by Gasteiger charge is -2.18. The maximum atomic E-state index is 12.3. The summed E-state index contributed by atoms with van der Waals surface area (Å²) in [5.41, 5.74) is 8.16. The van der Waals surface area contributed by atoms with E-state index in [0.717, 1.165) is 22.1 Å².